The van der Waals surface area contributed by atoms with E-state index in [1.54, 1.807) is 18.2 Å². The molecule has 0 aliphatic carbocycles. The van der Waals surface area contributed by atoms with Crippen molar-refractivity contribution in [2.24, 2.45) is 5.73 Å². The smallest absolute Gasteiger partial charge is 0.223 e. The Kier molecular flexibility index (Phi) is 5.96. The molecule has 2 aliphatic heterocycles. The van der Waals surface area contributed by atoms with Gasteiger partial charge in [-0.2, -0.15) is 0 Å². The number of carbonyl (C=O) groups excluding carboxylic acids is 1. The average molecular weight is 366 g/mol. The van der Waals surface area contributed by atoms with Gasteiger partial charge in [-0.15, -0.1) is 0 Å². The number of amides is 1. The lowest BCUT2D eigenvalue weighted by Gasteiger charge is -2.38. The van der Waals surface area contributed by atoms with Gasteiger partial charge in [0.1, 0.15) is 13.2 Å². The third kappa shape index (κ3) is 4.33. The first-order valence-electron chi connectivity index (χ1n) is 8.89. The zero-order chi connectivity index (χ0) is 17.8. The molecule has 3 rings (SSSR count). The van der Waals surface area contributed by atoms with E-state index in [-0.39, 0.29) is 24.4 Å². The van der Waals surface area contributed by atoms with E-state index in [2.05, 4.69) is 0 Å². The van der Waals surface area contributed by atoms with Crippen LogP contribution in [-0.4, -0.2) is 52.6 Å². The highest BCUT2D eigenvalue weighted by atomic mass is 32.2. The lowest BCUT2D eigenvalue weighted by molar-refractivity contribution is -0.134. The minimum Gasteiger partial charge on any atom is -0.486 e. The molecule has 2 N–H and O–H groups in total. The highest BCUT2D eigenvalue weighted by Crippen LogP contribution is 2.32. The maximum Gasteiger partial charge on any atom is 0.223 e. The first-order valence-corrected chi connectivity index (χ1v) is 10.2. The summed E-state index contributed by atoms with van der Waals surface area (Å²) in [4.78, 5) is 15.1. The Labute approximate surface area is 151 Å². The van der Waals surface area contributed by atoms with Crippen molar-refractivity contribution in [3.05, 3.63) is 18.2 Å². The Morgan fingerprint density at radius 1 is 1.32 bits per heavy atom. The van der Waals surface area contributed by atoms with E-state index in [4.69, 9.17) is 15.2 Å². The van der Waals surface area contributed by atoms with Gasteiger partial charge >= 0.3 is 0 Å². The maximum atomic E-state index is 12.6. The Bertz CT molecular complexity index is 650. The van der Waals surface area contributed by atoms with Gasteiger partial charge < -0.3 is 20.1 Å². The molecule has 0 bridgehead atoms. The molecule has 1 aromatic rings. The summed E-state index contributed by atoms with van der Waals surface area (Å²) in [6.07, 6.45) is 3.35. The molecule has 3 atom stereocenters. The van der Waals surface area contributed by atoms with Crippen LogP contribution < -0.4 is 15.2 Å². The lowest BCUT2D eigenvalue weighted by Crippen LogP contribution is -2.51. The van der Waals surface area contributed by atoms with Crippen LogP contribution in [0.3, 0.4) is 0 Å². The number of fused-ring (bicyclic) bond motifs is 1. The van der Waals surface area contributed by atoms with Gasteiger partial charge in [-0.1, -0.05) is 0 Å². The number of rotatable bonds is 5. The summed E-state index contributed by atoms with van der Waals surface area (Å²) in [7, 11) is -1.24. The molecule has 2 heterocycles. The zero-order valence-corrected chi connectivity index (χ0v) is 15.4. The predicted molar refractivity (Wildman–Crippen MR) is 96.3 cm³/mol. The molecule has 6 nitrogen and oxygen atoms in total. The summed E-state index contributed by atoms with van der Waals surface area (Å²) in [6, 6.07) is 5.37. The maximum absolute atomic E-state index is 12.6. The highest BCUT2D eigenvalue weighted by Gasteiger charge is 2.29. The largest absolute Gasteiger partial charge is 0.486 e. The molecule has 25 heavy (non-hydrogen) atoms. The van der Waals surface area contributed by atoms with Crippen LogP contribution in [0, 0.1) is 0 Å². The zero-order valence-electron chi connectivity index (χ0n) is 14.6. The molecule has 0 aromatic heterocycles. The van der Waals surface area contributed by atoms with Crippen LogP contribution in [0.1, 0.15) is 32.6 Å². The first-order chi connectivity index (χ1) is 12.1. The van der Waals surface area contributed by atoms with Crippen molar-refractivity contribution in [2.75, 3.05) is 25.5 Å². The van der Waals surface area contributed by atoms with Gasteiger partial charge in [0.25, 0.3) is 0 Å². The second-order valence-corrected chi connectivity index (χ2v) is 8.19. The molecule has 1 aromatic carbocycles. The fourth-order valence-corrected chi connectivity index (χ4v) is 4.47. The van der Waals surface area contributed by atoms with Gasteiger partial charge in [-0.3, -0.25) is 9.00 Å². The molecule has 0 spiro atoms. The van der Waals surface area contributed by atoms with Crippen LogP contribution in [0.25, 0.3) is 0 Å². The number of ether oxygens (including phenoxy) is 2. The molecule has 1 amide bonds. The molecule has 7 heteroatoms. The van der Waals surface area contributed by atoms with E-state index in [1.807, 2.05) is 11.8 Å². The third-order valence-corrected chi connectivity index (χ3v) is 6.11. The summed E-state index contributed by atoms with van der Waals surface area (Å²) < 4.78 is 23.6. The Balaban J connectivity index is 1.59. The number of nitrogens with two attached hydrogens (primary N) is 1. The predicted octanol–water partition coefficient (Wildman–Crippen LogP) is 1.68. The molecule has 0 radical (unpaired) electrons. The van der Waals surface area contributed by atoms with Crippen molar-refractivity contribution in [1.29, 1.82) is 0 Å². The molecule has 2 aliphatic rings. The van der Waals surface area contributed by atoms with E-state index in [9.17, 15) is 9.00 Å². The van der Waals surface area contributed by atoms with Crippen molar-refractivity contribution in [1.82, 2.24) is 4.90 Å². The van der Waals surface area contributed by atoms with Crippen molar-refractivity contribution >= 4 is 16.7 Å². The van der Waals surface area contributed by atoms with Crippen LogP contribution >= 0.6 is 0 Å². The minimum absolute atomic E-state index is 0.0347. The number of carbonyl (C=O) groups is 1. The molecule has 138 valence electrons. The molecule has 0 saturated carbocycles. The lowest BCUT2D eigenvalue weighted by atomic mass is 9.96. The monoisotopic (exact) mass is 366 g/mol. The van der Waals surface area contributed by atoms with Crippen molar-refractivity contribution < 1.29 is 18.5 Å². The van der Waals surface area contributed by atoms with Gasteiger partial charge in [0.05, 0.1) is 10.8 Å². The molecular weight excluding hydrogens is 340 g/mol. The van der Waals surface area contributed by atoms with Crippen LogP contribution in [0.15, 0.2) is 23.1 Å². The molecule has 1 fully saturated rings. The quantitative estimate of drug-likeness (QED) is 0.857. The summed E-state index contributed by atoms with van der Waals surface area (Å²) in [6.45, 7) is 3.72. The topological polar surface area (TPSA) is 81.9 Å². The first kappa shape index (κ1) is 18.2. The second kappa shape index (κ2) is 8.19. The van der Waals surface area contributed by atoms with Crippen LogP contribution in [0.4, 0.5) is 0 Å². The SMILES string of the molecule is CC(N)C1CCCCN1C(=O)CCS(=O)c1ccc2c(c1)OCCO2. The van der Waals surface area contributed by atoms with Gasteiger partial charge in [0.2, 0.25) is 5.91 Å². The van der Waals surface area contributed by atoms with Gasteiger partial charge in [-0.25, -0.2) is 0 Å². The Morgan fingerprint density at radius 2 is 2.08 bits per heavy atom. The molecule has 3 unspecified atom stereocenters. The second-order valence-electron chi connectivity index (χ2n) is 6.61. The van der Waals surface area contributed by atoms with Gasteiger partial charge in [0, 0.05) is 41.8 Å². The molecular formula is C18H26N2O4S. The highest BCUT2D eigenvalue weighted by molar-refractivity contribution is 7.85. The van der Waals surface area contributed by atoms with Crippen LogP contribution in [0.2, 0.25) is 0 Å². The van der Waals surface area contributed by atoms with E-state index in [1.165, 1.54) is 0 Å². The fraction of sp³-hybridized carbons (Fsp3) is 0.611. The standard InChI is InChI=1S/C18H26N2O4S/c1-13(19)15-4-2-3-8-20(15)18(21)7-11-25(22)14-5-6-16-17(12-14)24-10-9-23-16/h5-6,12-13,15H,2-4,7-11,19H2,1H3. The number of piperidine rings is 1. The summed E-state index contributed by atoms with van der Waals surface area (Å²) >= 11 is 0. The number of likely N-dealkylation sites (tertiary alicyclic amines) is 1. The van der Waals surface area contributed by atoms with Crippen molar-refractivity contribution in [3.63, 3.8) is 0 Å². The van der Waals surface area contributed by atoms with Gasteiger partial charge in [-0.05, 0) is 38.3 Å². The minimum atomic E-state index is -1.24. The Hall–Kier alpha value is -1.60. The summed E-state index contributed by atoms with van der Waals surface area (Å²) in [5, 5.41) is 0. The van der Waals surface area contributed by atoms with Gasteiger partial charge in [0.15, 0.2) is 11.5 Å². The average Bonchev–Trinajstić information content (AvgIpc) is 2.65. The summed E-state index contributed by atoms with van der Waals surface area (Å²) in [5.74, 6) is 1.65. The van der Waals surface area contributed by atoms with Crippen LogP contribution in [0.5, 0.6) is 11.5 Å². The number of nitrogens with zero attached hydrogens (tertiary/aromatic N) is 1. The number of hydrogen-bond donors (Lipinski definition) is 1. The van der Waals surface area contributed by atoms with Crippen molar-refractivity contribution in [3.8, 4) is 11.5 Å². The van der Waals surface area contributed by atoms with E-state index in [0.29, 0.717) is 35.4 Å². The van der Waals surface area contributed by atoms with E-state index >= 15 is 0 Å². The molecule has 1 saturated heterocycles. The van der Waals surface area contributed by atoms with E-state index in [0.717, 1.165) is 25.8 Å². The van der Waals surface area contributed by atoms with Crippen LogP contribution in [-0.2, 0) is 15.6 Å². The summed E-state index contributed by atoms with van der Waals surface area (Å²) in [5.41, 5.74) is 6.03. The number of benzene rings is 1. The van der Waals surface area contributed by atoms with Crippen molar-refractivity contribution in [2.45, 2.75) is 49.6 Å². The Morgan fingerprint density at radius 3 is 2.84 bits per heavy atom. The number of hydrogen-bond acceptors (Lipinski definition) is 5. The normalized spacial score (nSPS) is 22.3. The third-order valence-electron chi connectivity index (χ3n) is 4.75. The van der Waals surface area contributed by atoms with E-state index < -0.39 is 10.8 Å². The fourth-order valence-electron chi connectivity index (χ4n) is 3.42.